The summed E-state index contributed by atoms with van der Waals surface area (Å²) in [6.45, 7) is 7.85. The van der Waals surface area contributed by atoms with Crippen LogP contribution in [0, 0.1) is 20.8 Å². The highest BCUT2D eigenvalue weighted by molar-refractivity contribution is 8.02. The van der Waals surface area contributed by atoms with E-state index in [1.54, 1.807) is 11.3 Å². The topological polar surface area (TPSA) is 59.8 Å². The minimum Gasteiger partial charge on any atom is -0.322 e. The number of nitrogens with one attached hydrogen (secondary N) is 1. The third kappa shape index (κ3) is 4.73. The first-order chi connectivity index (χ1) is 14.9. The van der Waals surface area contributed by atoms with E-state index < -0.39 is 0 Å². The van der Waals surface area contributed by atoms with Gasteiger partial charge in [0.15, 0.2) is 4.34 Å². The summed E-state index contributed by atoms with van der Waals surface area (Å²) in [7, 11) is 0. The predicted octanol–water partition coefficient (Wildman–Crippen LogP) is 6.04. The Kier molecular flexibility index (Phi) is 6.25. The van der Waals surface area contributed by atoms with Crippen LogP contribution in [0.1, 0.15) is 23.9 Å². The van der Waals surface area contributed by atoms with Gasteiger partial charge < -0.3 is 5.32 Å². The van der Waals surface area contributed by atoms with Crippen LogP contribution >= 0.6 is 23.1 Å². The van der Waals surface area contributed by atoms with Crippen LogP contribution in [-0.2, 0) is 4.79 Å². The number of aryl methyl sites for hydroxylation is 2. The van der Waals surface area contributed by atoms with Crippen LogP contribution in [0.25, 0.3) is 16.9 Å². The van der Waals surface area contributed by atoms with Gasteiger partial charge in [-0.3, -0.25) is 4.79 Å². The Bertz CT molecular complexity index is 1200. The van der Waals surface area contributed by atoms with E-state index in [9.17, 15) is 4.79 Å². The fraction of sp³-hybridized carbons (Fsp3) is 0.208. The quantitative estimate of drug-likeness (QED) is 0.365. The lowest BCUT2D eigenvalue weighted by Crippen LogP contribution is -2.23. The van der Waals surface area contributed by atoms with Crippen LogP contribution < -0.4 is 5.32 Å². The largest absolute Gasteiger partial charge is 0.322 e. The van der Waals surface area contributed by atoms with Crippen molar-refractivity contribution in [3.8, 4) is 16.9 Å². The predicted molar refractivity (Wildman–Crippen MR) is 129 cm³/mol. The Morgan fingerprint density at radius 1 is 1.06 bits per heavy atom. The average molecular weight is 449 g/mol. The molecule has 1 atom stereocenters. The summed E-state index contributed by atoms with van der Waals surface area (Å²) >= 11 is 3.04. The number of carbonyl (C=O) groups is 1. The van der Waals surface area contributed by atoms with Crippen LogP contribution in [-0.4, -0.2) is 25.9 Å². The van der Waals surface area contributed by atoms with E-state index in [1.165, 1.54) is 17.3 Å². The van der Waals surface area contributed by atoms with Gasteiger partial charge >= 0.3 is 0 Å². The maximum atomic E-state index is 12.9. The molecule has 0 radical (unpaired) electrons. The van der Waals surface area contributed by atoms with Crippen LogP contribution in [0.4, 0.5) is 5.69 Å². The molecular weight excluding hydrogens is 424 g/mol. The number of thiazole rings is 1. The summed E-state index contributed by atoms with van der Waals surface area (Å²) < 4.78 is 2.74. The maximum Gasteiger partial charge on any atom is 0.237 e. The van der Waals surface area contributed by atoms with Gasteiger partial charge in [-0.2, -0.15) is 5.10 Å². The molecule has 31 heavy (non-hydrogen) atoms. The summed E-state index contributed by atoms with van der Waals surface area (Å²) in [6, 6.07) is 18.2. The molecule has 0 saturated heterocycles. The van der Waals surface area contributed by atoms with E-state index in [1.807, 2.05) is 61.2 Å². The van der Waals surface area contributed by atoms with Crippen LogP contribution in [0.15, 0.2) is 64.3 Å². The van der Waals surface area contributed by atoms with E-state index in [2.05, 4.69) is 41.6 Å². The maximum absolute atomic E-state index is 12.9. The second-order valence-corrected chi connectivity index (χ2v) is 9.85. The molecule has 4 rings (SSSR count). The molecule has 5 nitrogen and oxygen atoms in total. The smallest absolute Gasteiger partial charge is 0.237 e. The molecule has 4 aromatic rings. The molecule has 2 heterocycles. The number of nitrogens with zero attached hydrogens (tertiary/aromatic N) is 3. The average Bonchev–Trinajstić information content (AvgIpc) is 3.34. The van der Waals surface area contributed by atoms with E-state index in [-0.39, 0.29) is 11.2 Å². The number of amides is 1. The number of hydrogen-bond acceptors (Lipinski definition) is 5. The molecule has 1 amide bonds. The number of hydrogen-bond donors (Lipinski definition) is 1. The van der Waals surface area contributed by atoms with Gasteiger partial charge in [-0.05, 0) is 39.8 Å². The molecule has 0 saturated carbocycles. The molecule has 2 aromatic heterocycles. The Balaban J connectivity index is 1.45. The minimum atomic E-state index is -0.282. The van der Waals surface area contributed by atoms with Gasteiger partial charge in [-0.25, -0.2) is 9.67 Å². The SMILES string of the molecule is Cc1ccc(-c2csc(SC(C)C(=O)Nc3c(C)nn(-c4ccccc4)c3C)n2)cc1. The van der Waals surface area contributed by atoms with Crippen LogP contribution in [0.3, 0.4) is 0 Å². The monoisotopic (exact) mass is 448 g/mol. The summed E-state index contributed by atoms with van der Waals surface area (Å²) in [4.78, 5) is 17.6. The Hall–Kier alpha value is -2.90. The van der Waals surface area contributed by atoms with Crippen molar-refractivity contribution in [2.45, 2.75) is 37.3 Å². The second-order valence-electron chi connectivity index (χ2n) is 7.41. The molecule has 0 bridgehead atoms. The van der Waals surface area contributed by atoms with E-state index in [0.717, 1.165) is 38.4 Å². The third-order valence-electron chi connectivity index (χ3n) is 5.02. The van der Waals surface area contributed by atoms with Gasteiger partial charge in [0.2, 0.25) is 5.91 Å². The molecule has 158 valence electrons. The summed E-state index contributed by atoms with van der Waals surface area (Å²) in [5.41, 5.74) is 6.69. The summed E-state index contributed by atoms with van der Waals surface area (Å²) in [5.74, 6) is -0.0594. The summed E-state index contributed by atoms with van der Waals surface area (Å²) in [5, 5.41) is 9.43. The Labute approximate surface area is 190 Å². The Morgan fingerprint density at radius 2 is 1.77 bits per heavy atom. The van der Waals surface area contributed by atoms with Crippen LogP contribution in [0.5, 0.6) is 0 Å². The number of benzene rings is 2. The normalized spacial score (nSPS) is 12.0. The van der Waals surface area contributed by atoms with Gasteiger partial charge in [0.25, 0.3) is 0 Å². The number of para-hydroxylation sites is 1. The highest BCUT2D eigenvalue weighted by Gasteiger charge is 2.21. The standard InChI is InChI=1S/C24H24N4OS2/c1-15-10-12-19(13-11-15)21-14-30-24(25-21)31-18(4)23(29)26-22-16(2)27-28(17(22)3)20-8-6-5-7-9-20/h5-14,18H,1-4H3,(H,26,29). The second kappa shape index (κ2) is 9.08. The van der Waals surface area contributed by atoms with Crippen molar-refractivity contribution in [3.05, 3.63) is 76.9 Å². The van der Waals surface area contributed by atoms with E-state index in [4.69, 9.17) is 4.98 Å². The molecule has 0 aliphatic heterocycles. The zero-order chi connectivity index (χ0) is 22.0. The molecular formula is C24H24N4OS2. The fourth-order valence-electron chi connectivity index (χ4n) is 3.24. The highest BCUT2D eigenvalue weighted by atomic mass is 32.2. The molecule has 0 aliphatic rings. The lowest BCUT2D eigenvalue weighted by atomic mass is 10.1. The molecule has 0 aliphatic carbocycles. The molecule has 1 N–H and O–H groups in total. The lowest BCUT2D eigenvalue weighted by Gasteiger charge is -2.11. The number of anilines is 1. The molecule has 0 spiro atoms. The Morgan fingerprint density at radius 3 is 2.48 bits per heavy atom. The fourth-order valence-corrected chi connectivity index (χ4v) is 5.21. The third-order valence-corrected chi connectivity index (χ3v) is 7.09. The number of carbonyl (C=O) groups excluding carboxylic acids is 1. The van der Waals surface area contributed by atoms with Gasteiger partial charge in [0.05, 0.1) is 33.7 Å². The van der Waals surface area contributed by atoms with Crippen molar-refractivity contribution in [2.24, 2.45) is 0 Å². The van der Waals surface area contributed by atoms with Crippen molar-refractivity contribution in [1.82, 2.24) is 14.8 Å². The molecule has 7 heteroatoms. The van der Waals surface area contributed by atoms with Crippen molar-refractivity contribution in [1.29, 1.82) is 0 Å². The number of aromatic nitrogens is 3. The molecule has 1 unspecified atom stereocenters. The van der Waals surface area contributed by atoms with Crippen molar-refractivity contribution < 1.29 is 4.79 Å². The van der Waals surface area contributed by atoms with Gasteiger partial charge in [0.1, 0.15) is 0 Å². The number of thioether (sulfide) groups is 1. The zero-order valence-corrected chi connectivity index (χ0v) is 19.6. The molecule has 0 fully saturated rings. The first kappa shape index (κ1) is 21.3. The zero-order valence-electron chi connectivity index (χ0n) is 17.9. The first-order valence-electron chi connectivity index (χ1n) is 10.0. The van der Waals surface area contributed by atoms with Gasteiger partial charge in [-0.15, -0.1) is 11.3 Å². The minimum absolute atomic E-state index is 0.0594. The van der Waals surface area contributed by atoms with E-state index >= 15 is 0 Å². The number of rotatable bonds is 6. The van der Waals surface area contributed by atoms with Crippen LogP contribution in [0.2, 0.25) is 0 Å². The highest BCUT2D eigenvalue weighted by Crippen LogP contribution is 2.32. The van der Waals surface area contributed by atoms with Gasteiger partial charge in [0, 0.05) is 10.9 Å². The lowest BCUT2D eigenvalue weighted by molar-refractivity contribution is -0.115. The summed E-state index contributed by atoms with van der Waals surface area (Å²) in [6.07, 6.45) is 0. The van der Waals surface area contributed by atoms with Gasteiger partial charge in [-0.1, -0.05) is 59.8 Å². The van der Waals surface area contributed by atoms with Crippen molar-refractivity contribution >= 4 is 34.7 Å². The molecule has 2 aromatic carbocycles. The van der Waals surface area contributed by atoms with Crippen molar-refractivity contribution in [3.63, 3.8) is 0 Å². The van der Waals surface area contributed by atoms with Crippen molar-refractivity contribution in [2.75, 3.05) is 5.32 Å². The van der Waals surface area contributed by atoms with E-state index in [0.29, 0.717) is 0 Å². The first-order valence-corrected chi connectivity index (χ1v) is 11.8.